The molecule has 0 saturated heterocycles. The molecule has 0 spiro atoms. The predicted octanol–water partition coefficient (Wildman–Crippen LogP) is 5.61. The lowest BCUT2D eigenvalue weighted by Gasteiger charge is -2.13. The Balaban J connectivity index is 2.43. The molecule has 0 aromatic heterocycles. The molecule has 0 amide bonds. The molecular weight excluding hydrogens is 392 g/mol. The van der Waals surface area contributed by atoms with E-state index in [4.69, 9.17) is 23.2 Å². The number of benzene rings is 2. The van der Waals surface area contributed by atoms with E-state index in [9.17, 15) is 22.8 Å². The second kappa shape index (κ2) is 7.93. The number of rotatable bonds is 4. The summed E-state index contributed by atoms with van der Waals surface area (Å²) in [7, 11) is 1.19. The van der Waals surface area contributed by atoms with Gasteiger partial charge in [-0.25, -0.2) is 4.79 Å². The number of methoxy groups -OCH3 is 1. The highest BCUT2D eigenvalue weighted by molar-refractivity contribution is 6.35. The zero-order chi connectivity index (χ0) is 19.5. The largest absolute Gasteiger partial charge is 0.465 e. The lowest BCUT2D eigenvalue weighted by Crippen LogP contribution is -2.13. The normalized spacial score (nSPS) is 12.0. The van der Waals surface area contributed by atoms with Crippen molar-refractivity contribution in [1.29, 1.82) is 0 Å². The predicted molar refractivity (Wildman–Crippen MR) is 92.6 cm³/mol. The van der Waals surface area contributed by atoms with Gasteiger partial charge in [-0.3, -0.25) is 4.79 Å². The minimum Gasteiger partial charge on any atom is -0.465 e. The molecule has 3 nitrogen and oxygen atoms in total. The first-order valence-electron chi connectivity index (χ1n) is 7.10. The van der Waals surface area contributed by atoms with Gasteiger partial charge in [0.25, 0.3) is 0 Å². The van der Waals surface area contributed by atoms with Crippen molar-refractivity contribution in [3.05, 3.63) is 75.3 Å². The summed E-state index contributed by atoms with van der Waals surface area (Å²) in [6, 6.07) is 8.48. The molecule has 26 heavy (non-hydrogen) atoms. The summed E-state index contributed by atoms with van der Waals surface area (Å²) in [5.41, 5.74) is -1.35. The van der Waals surface area contributed by atoms with Gasteiger partial charge < -0.3 is 4.74 Å². The van der Waals surface area contributed by atoms with Gasteiger partial charge in [-0.1, -0.05) is 35.3 Å². The SMILES string of the molecule is COC(=O)c1ccc(C(=O)/C=C(\c2cc(Cl)cc(Cl)c2)C(F)(F)F)cc1. The second-order valence-corrected chi connectivity index (χ2v) is 6.02. The van der Waals surface area contributed by atoms with Crippen molar-refractivity contribution < 1.29 is 27.5 Å². The molecule has 2 aromatic rings. The average molecular weight is 403 g/mol. The Labute approximate surface area is 157 Å². The fourth-order valence-electron chi connectivity index (χ4n) is 2.14. The van der Waals surface area contributed by atoms with E-state index in [1.165, 1.54) is 37.4 Å². The smallest absolute Gasteiger partial charge is 0.417 e. The summed E-state index contributed by atoms with van der Waals surface area (Å²) in [5, 5.41) is 0.0232. The van der Waals surface area contributed by atoms with Crippen LogP contribution < -0.4 is 0 Å². The third-order valence-electron chi connectivity index (χ3n) is 3.34. The molecule has 0 unspecified atom stereocenters. The van der Waals surface area contributed by atoms with E-state index in [0.717, 1.165) is 12.1 Å². The zero-order valence-corrected chi connectivity index (χ0v) is 14.7. The molecular formula is C18H11Cl2F3O3. The van der Waals surface area contributed by atoms with Crippen molar-refractivity contribution in [2.45, 2.75) is 6.18 Å². The molecule has 2 rings (SSSR count). The van der Waals surface area contributed by atoms with E-state index in [1.807, 2.05) is 0 Å². The number of esters is 1. The van der Waals surface area contributed by atoms with Crippen molar-refractivity contribution in [2.24, 2.45) is 0 Å². The maximum absolute atomic E-state index is 13.4. The van der Waals surface area contributed by atoms with Gasteiger partial charge in [0.05, 0.1) is 18.2 Å². The maximum Gasteiger partial charge on any atom is 0.417 e. The number of allylic oxidation sites excluding steroid dienone is 2. The van der Waals surface area contributed by atoms with Crippen molar-refractivity contribution in [2.75, 3.05) is 7.11 Å². The monoisotopic (exact) mass is 402 g/mol. The molecule has 0 bridgehead atoms. The topological polar surface area (TPSA) is 43.4 Å². The van der Waals surface area contributed by atoms with Gasteiger partial charge in [-0.05, 0) is 42.0 Å². The van der Waals surface area contributed by atoms with Crippen molar-refractivity contribution in [1.82, 2.24) is 0 Å². The maximum atomic E-state index is 13.4. The standard InChI is InChI=1S/C18H11Cl2F3O3/c1-26-17(25)11-4-2-10(3-5-11)16(24)9-15(18(21,22)23)12-6-13(19)8-14(20)7-12/h2-9H,1H3/b15-9+. The number of halogens is 5. The Morgan fingerprint density at radius 3 is 1.88 bits per heavy atom. The minimum absolute atomic E-state index is 0.0116. The summed E-state index contributed by atoms with van der Waals surface area (Å²) in [5.74, 6) is -1.51. The van der Waals surface area contributed by atoms with E-state index < -0.39 is 23.5 Å². The Kier molecular flexibility index (Phi) is 6.10. The summed E-state index contributed by atoms with van der Waals surface area (Å²) in [4.78, 5) is 23.6. The first-order chi connectivity index (χ1) is 12.1. The quantitative estimate of drug-likeness (QED) is 0.379. The van der Waals surface area contributed by atoms with Crippen LogP contribution in [-0.4, -0.2) is 25.0 Å². The van der Waals surface area contributed by atoms with E-state index in [1.54, 1.807) is 0 Å². The van der Waals surface area contributed by atoms with E-state index in [0.29, 0.717) is 6.08 Å². The molecule has 0 aliphatic heterocycles. The molecule has 0 saturated carbocycles. The van der Waals surface area contributed by atoms with Crippen LogP contribution in [-0.2, 0) is 4.74 Å². The fourth-order valence-corrected chi connectivity index (χ4v) is 2.67. The third-order valence-corrected chi connectivity index (χ3v) is 3.78. The van der Waals surface area contributed by atoms with Crippen molar-refractivity contribution in [3.63, 3.8) is 0 Å². The Hall–Kier alpha value is -2.31. The van der Waals surface area contributed by atoms with E-state index in [2.05, 4.69) is 4.74 Å². The lowest BCUT2D eigenvalue weighted by molar-refractivity contribution is -0.0689. The highest BCUT2D eigenvalue weighted by atomic mass is 35.5. The highest BCUT2D eigenvalue weighted by Gasteiger charge is 2.35. The Morgan fingerprint density at radius 2 is 1.42 bits per heavy atom. The summed E-state index contributed by atoms with van der Waals surface area (Å²) in [6.45, 7) is 0. The molecule has 0 N–H and O–H groups in total. The van der Waals surface area contributed by atoms with E-state index in [-0.39, 0.29) is 26.7 Å². The lowest BCUT2D eigenvalue weighted by atomic mass is 10.0. The van der Waals surface area contributed by atoms with Crippen LogP contribution in [0, 0.1) is 0 Å². The van der Waals surface area contributed by atoms with Crippen LogP contribution in [0.5, 0.6) is 0 Å². The molecule has 0 aliphatic rings. The second-order valence-electron chi connectivity index (χ2n) is 5.15. The van der Waals surface area contributed by atoms with Crippen LogP contribution >= 0.6 is 23.2 Å². The van der Waals surface area contributed by atoms with Gasteiger partial charge in [-0.2, -0.15) is 13.2 Å². The van der Waals surface area contributed by atoms with Crippen LogP contribution in [0.1, 0.15) is 26.3 Å². The number of hydrogen-bond donors (Lipinski definition) is 0. The molecule has 2 aromatic carbocycles. The first-order valence-corrected chi connectivity index (χ1v) is 7.85. The number of carbonyl (C=O) groups is 2. The van der Waals surface area contributed by atoms with Gasteiger partial charge in [0.1, 0.15) is 0 Å². The highest BCUT2D eigenvalue weighted by Crippen LogP contribution is 2.36. The third kappa shape index (κ3) is 4.86. The molecule has 0 radical (unpaired) electrons. The number of alkyl halides is 3. The first kappa shape index (κ1) is 20.0. The number of ketones is 1. The van der Waals surface area contributed by atoms with Crippen LogP contribution in [0.3, 0.4) is 0 Å². The summed E-state index contributed by atoms with van der Waals surface area (Å²) >= 11 is 11.5. The summed E-state index contributed by atoms with van der Waals surface area (Å²) < 4.78 is 44.7. The molecule has 0 heterocycles. The number of ether oxygens (including phenoxy) is 1. The van der Waals surface area contributed by atoms with Crippen LogP contribution in [0.2, 0.25) is 10.0 Å². The van der Waals surface area contributed by atoms with Crippen LogP contribution in [0.15, 0.2) is 48.5 Å². The van der Waals surface area contributed by atoms with Crippen LogP contribution in [0.4, 0.5) is 13.2 Å². The van der Waals surface area contributed by atoms with Gasteiger partial charge in [-0.15, -0.1) is 0 Å². The van der Waals surface area contributed by atoms with Crippen LogP contribution in [0.25, 0.3) is 5.57 Å². The van der Waals surface area contributed by atoms with Gasteiger partial charge >= 0.3 is 12.1 Å². The van der Waals surface area contributed by atoms with Gasteiger partial charge in [0, 0.05) is 15.6 Å². The zero-order valence-electron chi connectivity index (χ0n) is 13.2. The Bertz CT molecular complexity index is 852. The number of hydrogen-bond acceptors (Lipinski definition) is 3. The minimum atomic E-state index is -4.80. The molecule has 136 valence electrons. The molecule has 0 aliphatic carbocycles. The van der Waals surface area contributed by atoms with Crippen molar-refractivity contribution >= 4 is 40.5 Å². The summed E-state index contributed by atoms with van der Waals surface area (Å²) in [6.07, 6.45) is -4.33. The molecule has 8 heteroatoms. The van der Waals surface area contributed by atoms with Gasteiger partial charge in [0.15, 0.2) is 5.78 Å². The number of carbonyl (C=O) groups excluding carboxylic acids is 2. The Morgan fingerprint density at radius 1 is 0.923 bits per heavy atom. The molecule has 0 fully saturated rings. The van der Waals surface area contributed by atoms with Crippen molar-refractivity contribution in [3.8, 4) is 0 Å². The van der Waals surface area contributed by atoms with Gasteiger partial charge in [0.2, 0.25) is 0 Å². The van der Waals surface area contributed by atoms with E-state index >= 15 is 0 Å². The fraction of sp³-hybridized carbons (Fsp3) is 0.111. The average Bonchev–Trinajstić information content (AvgIpc) is 2.57. The molecule has 0 atom stereocenters.